The Bertz CT molecular complexity index is 576. The van der Waals surface area contributed by atoms with E-state index in [4.69, 9.17) is 4.74 Å². The fraction of sp³-hybridized carbons (Fsp3) is 0.400. The maximum absolute atomic E-state index is 12.9. The molecule has 2 rings (SSSR count). The highest BCUT2D eigenvalue weighted by molar-refractivity contribution is 5.34. The van der Waals surface area contributed by atoms with Crippen LogP contribution in [0.1, 0.15) is 38.7 Å². The van der Waals surface area contributed by atoms with Gasteiger partial charge in [-0.15, -0.1) is 0 Å². The molecule has 0 fully saturated rings. The van der Waals surface area contributed by atoms with E-state index >= 15 is 0 Å². The summed E-state index contributed by atoms with van der Waals surface area (Å²) in [5.74, 6) is 1.69. The van der Waals surface area contributed by atoms with Gasteiger partial charge in [-0.2, -0.15) is 0 Å². The minimum absolute atomic E-state index is 0.255. The van der Waals surface area contributed by atoms with E-state index in [1.807, 2.05) is 12.1 Å². The maximum atomic E-state index is 12.9. The molecule has 0 spiro atoms. The zero-order chi connectivity index (χ0) is 16.7. The van der Waals surface area contributed by atoms with Crippen molar-refractivity contribution in [2.24, 2.45) is 0 Å². The van der Waals surface area contributed by atoms with Gasteiger partial charge in [0.25, 0.3) is 0 Å². The van der Waals surface area contributed by atoms with Crippen LogP contribution in [0.5, 0.6) is 11.5 Å². The summed E-state index contributed by atoms with van der Waals surface area (Å²) < 4.78 is 18.6. The lowest BCUT2D eigenvalue weighted by atomic mass is 9.97. The van der Waals surface area contributed by atoms with Gasteiger partial charge in [0.1, 0.15) is 17.3 Å². The Hall–Kier alpha value is -1.87. The molecule has 0 aliphatic heterocycles. The minimum atomic E-state index is -0.255. The summed E-state index contributed by atoms with van der Waals surface area (Å²) in [7, 11) is 0. The first kappa shape index (κ1) is 17.5. The standard InChI is InChI=1S/C20H26FNO/c1-4-22(5-2)15-14-16(3)17-6-10-19(11-7-17)23-20-12-8-18(21)9-13-20/h6-13,16H,4-5,14-15H2,1-3H3. The lowest BCUT2D eigenvalue weighted by Crippen LogP contribution is -2.24. The molecular formula is C20H26FNO. The number of nitrogens with zero attached hydrogens (tertiary/aromatic N) is 1. The average Bonchev–Trinajstić information content (AvgIpc) is 2.58. The summed E-state index contributed by atoms with van der Waals surface area (Å²) in [6.45, 7) is 10.0. The third-order valence-electron chi connectivity index (χ3n) is 4.27. The molecule has 2 aromatic carbocycles. The number of benzene rings is 2. The summed E-state index contributed by atoms with van der Waals surface area (Å²) >= 11 is 0. The van der Waals surface area contributed by atoms with Crippen LogP contribution in [0.2, 0.25) is 0 Å². The molecule has 0 radical (unpaired) electrons. The van der Waals surface area contributed by atoms with Crippen LogP contribution in [0, 0.1) is 5.82 Å². The molecule has 23 heavy (non-hydrogen) atoms. The first-order valence-electron chi connectivity index (χ1n) is 8.38. The summed E-state index contributed by atoms with van der Waals surface area (Å²) in [6.07, 6.45) is 1.15. The fourth-order valence-corrected chi connectivity index (χ4v) is 2.59. The van der Waals surface area contributed by atoms with Crippen LogP contribution in [0.4, 0.5) is 4.39 Å². The van der Waals surface area contributed by atoms with Gasteiger partial charge in [-0.25, -0.2) is 4.39 Å². The zero-order valence-electron chi connectivity index (χ0n) is 14.3. The fourth-order valence-electron chi connectivity index (χ4n) is 2.59. The number of rotatable bonds is 8. The SMILES string of the molecule is CCN(CC)CCC(C)c1ccc(Oc2ccc(F)cc2)cc1. The molecule has 0 saturated carbocycles. The van der Waals surface area contributed by atoms with Gasteiger partial charge in [-0.1, -0.05) is 32.9 Å². The van der Waals surface area contributed by atoms with Crippen molar-refractivity contribution in [3.63, 3.8) is 0 Å². The second-order valence-corrected chi connectivity index (χ2v) is 5.84. The largest absolute Gasteiger partial charge is 0.457 e. The van der Waals surface area contributed by atoms with Crippen LogP contribution in [-0.4, -0.2) is 24.5 Å². The zero-order valence-corrected chi connectivity index (χ0v) is 14.3. The van der Waals surface area contributed by atoms with E-state index in [1.54, 1.807) is 12.1 Å². The summed E-state index contributed by atoms with van der Waals surface area (Å²) in [5, 5.41) is 0. The Kier molecular flexibility index (Phi) is 6.60. The van der Waals surface area contributed by atoms with Crippen LogP contribution in [-0.2, 0) is 0 Å². The third-order valence-corrected chi connectivity index (χ3v) is 4.27. The quantitative estimate of drug-likeness (QED) is 0.642. The molecule has 0 saturated heterocycles. The highest BCUT2D eigenvalue weighted by Crippen LogP contribution is 2.25. The van der Waals surface area contributed by atoms with Crippen molar-refractivity contribution >= 4 is 0 Å². The van der Waals surface area contributed by atoms with Gasteiger partial charge in [0.05, 0.1) is 0 Å². The third kappa shape index (κ3) is 5.36. The lowest BCUT2D eigenvalue weighted by Gasteiger charge is -2.20. The van der Waals surface area contributed by atoms with E-state index in [0.717, 1.165) is 31.8 Å². The minimum Gasteiger partial charge on any atom is -0.457 e. The van der Waals surface area contributed by atoms with Gasteiger partial charge in [0.15, 0.2) is 0 Å². The second-order valence-electron chi connectivity index (χ2n) is 5.84. The molecule has 0 aliphatic carbocycles. The van der Waals surface area contributed by atoms with Crippen molar-refractivity contribution in [3.05, 3.63) is 59.9 Å². The highest BCUT2D eigenvalue weighted by Gasteiger charge is 2.08. The van der Waals surface area contributed by atoms with E-state index in [2.05, 4.69) is 37.8 Å². The topological polar surface area (TPSA) is 12.5 Å². The Labute approximate surface area is 138 Å². The smallest absolute Gasteiger partial charge is 0.127 e. The second kappa shape index (κ2) is 8.68. The van der Waals surface area contributed by atoms with Crippen molar-refractivity contribution in [1.82, 2.24) is 4.90 Å². The van der Waals surface area contributed by atoms with Crippen molar-refractivity contribution in [2.75, 3.05) is 19.6 Å². The normalized spacial score (nSPS) is 12.4. The molecule has 0 N–H and O–H groups in total. The molecule has 0 aromatic heterocycles. The Balaban J connectivity index is 1.92. The van der Waals surface area contributed by atoms with Crippen molar-refractivity contribution in [1.29, 1.82) is 0 Å². The van der Waals surface area contributed by atoms with Crippen molar-refractivity contribution < 1.29 is 9.13 Å². The number of hydrogen-bond donors (Lipinski definition) is 0. The summed E-state index contributed by atoms with van der Waals surface area (Å²) in [6, 6.07) is 14.3. The van der Waals surface area contributed by atoms with E-state index in [-0.39, 0.29) is 5.82 Å². The molecule has 0 amide bonds. The molecule has 2 nitrogen and oxygen atoms in total. The van der Waals surface area contributed by atoms with Gasteiger partial charge in [-0.05, 0) is 73.9 Å². The molecular weight excluding hydrogens is 289 g/mol. The first-order valence-corrected chi connectivity index (χ1v) is 8.38. The van der Waals surface area contributed by atoms with Crippen molar-refractivity contribution in [3.8, 4) is 11.5 Å². The van der Waals surface area contributed by atoms with E-state index in [1.165, 1.54) is 17.7 Å². The van der Waals surface area contributed by atoms with Crippen LogP contribution < -0.4 is 4.74 Å². The lowest BCUT2D eigenvalue weighted by molar-refractivity contribution is 0.292. The summed E-state index contributed by atoms with van der Waals surface area (Å²) in [4.78, 5) is 2.45. The van der Waals surface area contributed by atoms with Crippen LogP contribution in [0.3, 0.4) is 0 Å². The summed E-state index contributed by atoms with van der Waals surface area (Å²) in [5.41, 5.74) is 1.32. The van der Waals surface area contributed by atoms with E-state index < -0.39 is 0 Å². The van der Waals surface area contributed by atoms with Gasteiger partial charge in [0.2, 0.25) is 0 Å². The predicted molar refractivity (Wildman–Crippen MR) is 93.7 cm³/mol. The molecule has 124 valence electrons. The van der Waals surface area contributed by atoms with Crippen LogP contribution in [0.25, 0.3) is 0 Å². The molecule has 2 aromatic rings. The van der Waals surface area contributed by atoms with Crippen molar-refractivity contribution in [2.45, 2.75) is 33.1 Å². The monoisotopic (exact) mass is 315 g/mol. The van der Waals surface area contributed by atoms with E-state index in [9.17, 15) is 4.39 Å². The Morgan fingerprint density at radius 1 is 0.913 bits per heavy atom. The van der Waals surface area contributed by atoms with Crippen LogP contribution in [0.15, 0.2) is 48.5 Å². The maximum Gasteiger partial charge on any atom is 0.127 e. The van der Waals surface area contributed by atoms with Gasteiger partial charge < -0.3 is 9.64 Å². The molecule has 1 atom stereocenters. The first-order chi connectivity index (χ1) is 11.1. The van der Waals surface area contributed by atoms with Crippen LogP contribution >= 0.6 is 0 Å². The average molecular weight is 315 g/mol. The predicted octanol–water partition coefficient (Wildman–Crippen LogP) is 5.45. The molecule has 1 unspecified atom stereocenters. The van der Waals surface area contributed by atoms with Gasteiger partial charge in [0, 0.05) is 0 Å². The number of ether oxygens (including phenoxy) is 1. The molecule has 0 heterocycles. The van der Waals surface area contributed by atoms with E-state index in [0.29, 0.717) is 11.7 Å². The number of hydrogen-bond acceptors (Lipinski definition) is 2. The van der Waals surface area contributed by atoms with Gasteiger partial charge in [-0.3, -0.25) is 0 Å². The Morgan fingerprint density at radius 3 is 1.96 bits per heavy atom. The Morgan fingerprint density at radius 2 is 1.43 bits per heavy atom. The number of halogens is 1. The van der Waals surface area contributed by atoms with Gasteiger partial charge >= 0.3 is 0 Å². The highest BCUT2D eigenvalue weighted by atomic mass is 19.1. The molecule has 3 heteroatoms. The molecule has 0 bridgehead atoms. The molecule has 0 aliphatic rings.